The van der Waals surface area contributed by atoms with E-state index < -0.39 is 0 Å². The molecule has 1 aliphatic heterocycles. The topological polar surface area (TPSA) is 20.3 Å². The maximum atomic E-state index is 12.4. The lowest BCUT2D eigenvalue weighted by Gasteiger charge is -2.17. The Balaban J connectivity index is 3.13. The van der Waals surface area contributed by atoms with Gasteiger partial charge in [0.2, 0.25) is 5.91 Å². The molecule has 99 valence electrons. The van der Waals surface area contributed by atoms with E-state index in [1.807, 2.05) is 6.08 Å². The van der Waals surface area contributed by atoms with Crippen molar-refractivity contribution in [3.8, 4) is 0 Å². The summed E-state index contributed by atoms with van der Waals surface area (Å²) in [5.74, 6) is -0.120. The number of carbonyl (C=O) groups excluding carboxylic acids is 1. The molecule has 3 heteroatoms. The standard InChI is InChI=1S/C17H17BNO/c1-5-9-12-14(11-7-3)19-17(20)15(8-4)16(18-19)13-10-6-2/h5-13H,1-4H2/b12-9-,13-10-,14-11+. The normalized spacial score (nSPS) is 15.9. The van der Waals surface area contributed by atoms with E-state index in [4.69, 9.17) is 0 Å². The zero-order valence-corrected chi connectivity index (χ0v) is 11.5. The van der Waals surface area contributed by atoms with Gasteiger partial charge in [-0.3, -0.25) is 4.79 Å². The zero-order valence-electron chi connectivity index (χ0n) is 11.5. The van der Waals surface area contributed by atoms with E-state index in [1.54, 1.807) is 60.8 Å². The second kappa shape index (κ2) is 7.79. The SMILES string of the molecule is C=C/C=C\C1=C(C=C)C(=O)N(C(/C=C\C=C)=C/C=C)[B]1. The maximum absolute atomic E-state index is 12.4. The molecule has 0 fully saturated rings. The van der Waals surface area contributed by atoms with Gasteiger partial charge in [-0.05, 0) is 17.6 Å². The molecule has 2 nitrogen and oxygen atoms in total. The van der Waals surface area contributed by atoms with Crippen LogP contribution in [0.25, 0.3) is 0 Å². The Morgan fingerprint density at radius 2 is 1.75 bits per heavy atom. The molecule has 0 saturated heterocycles. The van der Waals surface area contributed by atoms with E-state index >= 15 is 0 Å². The fraction of sp³-hybridized carbons (Fsp3) is 0. The third-order valence-electron chi connectivity index (χ3n) is 2.61. The van der Waals surface area contributed by atoms with Gasteiger partial charge in [-0.25, -0.2) is 0 Å². The lowest BCUT2D eigenvalue weighted by Crippen LogP contribution is -2.28. The highest BCUT2D eigenvalue weighted by atomic mass is 16.2. The van der Waals surface area contributed by atoms with E-state index in [9.17, 15) is 4.79 Å². The minimum atomic E-state index is -0.120. The molecule has 20 heavy (non-hydrogen) atoms. The third-order valence-corrected chi connectivity index (χ3v) is 2.61. The summed E-state index contributed by atoms with van der Waals surface area (Å²) in [7, 11) is 1.77. The molecule has 0 saturated carbocycles. The molecule has 1 radical (unpaired) electrons. The van der Waals surface area contributed by atoms with E-state index in [-0.39, 0.29) is 5.91 Å². The van der Waals surface area contributed by atoms with Crippen LogP contribution in [0.3, 0.4) is 0 Å². The molecule has 0 bridgehead atoms. The first-order chi connectivity index (χ1) is 9.69. The van der Waals surface area contributed by atoms with Gasteiger partial charge in [-0.1, -0.05) is 68.8 Å². The Labute approximate surface area is 121 Å². The van der Waals surface area contributed by atoms with Crippen molar-refractivity contribution in [2.24, 2.45) is 0 Å². The molecule has 1 rings (SSSR count). The van der Waals surface area contributed by atoms with Crippen molar-refractivity contribution in [3.05, 3.63) is 97.7 Å². The summed E-state index contributed by atoms with van der Waals surface area (Å²) < 4.78 is 0. The molecular weight excluding hydrogens is 245 g/mol. The second-order valence-electron chi connectivity index (χ2n) is 3.89. The van der Waals surface area contributed by atoms with Crippen molar-refractivity contribution in [2.45, 2.75) is 0 Å². The Hall–Kier alpha value is -2.55. The quantitative estimate of drug-likeness (QED) is 0.508. The molecule has 0 unspecified atom stereocenters. The molecule has 0 atom stereocenters. The maximum Gasteiger partial charge on any atom is 0.295 e. The van der Waals surface area contributed by atoms with Gasteiger partial charge in [-0.2, -0.15) is 0 Å². The first kappa shape index (κ1) is 15.5. The highest BCUT2D eigenvalue weighted by Gasteiger charge is 2.29. The monoisotopic (exact) mass is 262 g/mol. The predicted octanol–water partition coefficient (Wildman–Crippen LogP) is 3.44. The molecule has 0 spiro atoms. The Bertz CT molecular complexity index is 562. The summed E-state index contributed by atoms with van der Waals surface area (Å²) in [6.07, 6.45) is 15.4. The molecule has 0 aromatic heterocycles. The van der Waals surface area contributed by atoms with Crippen LogP contribution in [0.2, 0.25) is 0 Å². The summed E-state index contributed by atoms with van der Waals surface area (Å²) >= 11 is 0. The highest BCUT2D eigenvalue weighted by molar-refractivity contribution is 6.54. The van der Waals surface area contributed by atoms with Crippen LogP contribution < -0.4 is 0 Å². The van der Waals surface area contributed by atoms with Gasteiger partial charge in [0.25, 0.3) is 7.41 Å². The van der Waals surface area contributed by atoms with Gasteiger partial charge in [0.05, 0.1) is 0 Å². The minimum Gasteiger partial charge on any atom is -0.353 e. The van der Waals surface area contributed by atoms with Crippen LogP contribution in [-0.4, -0.2) is 18.1 Å². The van der Waals surface area contributed by atoms with Crippen LogP contribution in [0.1, 0.15) is 0 Å². The van der Waals surface area contributed by atoms with Crippen molar-refractivity contribution in [2.75, 3.05) is 0 Å². The first-order valence-electron chi connectivity index (χ1n) is 6.15. The average molecular weight is 262 g/mol. The van der Waals surface area contributed by atoms with Crippen molar-refractivity contribution in [1.82, 2.24) is 4.81 Å². The van der Waals surface area contributed by atoms with Gasteiger partial charge in [0.1, 0.15) is 0 Å². The summed E-state index contributed by atoms with van der Waals surface area (Å²) in [5.41, 5.74) is 2.07. The minimum absolute atomic E-state index is 0.120. The van der Waals surface area contributed by atoms with Crippen molar-refractivity contribution < 1.29 is 4.79 Å². The molecule has 1 amide bonds. The van der Waals surface area contributed by atoms with Gasteiger partial charge >= 0.3 is 0 Å². The Morgan fingerprint density at radius 3 is 2.30 bits per heavy atom. The number of hydrogen-bond acceptors (Lipinski definition) is 1. The van der Waals surface area contributed by atoms with Crippen molar-refractivity contribution in [3.63, 3.8) is 0 Å². The fourth-order valence-electron chi connectivity index (χ4n) is 1.73. The van der Waals surface area contributed by atoms with Crippen LogP contribution >= 0.6 is 0 Å². The molecule has 0 aromatic carbocycles. The van der Waals surface area contributed by atoms with Crippen LogP contribution in [0.5, 0.6) is 0 Å². The first-order valence-corrected chi connectivity index (χ1v) is 6.15. The lowest BCUT2D eigenvalue weighted by molar-refractivity contribution is -0.120. The van der Waals surface area contributed by atoms with Gasteiger partial charge in [0, 0.05) is 11.3 Å². The smallest absolute Gasteiger partial charge is 0.295 e. The van der Waals surface area contributed by atoms with E-state index in [1.165, 1.54) is 0 Å². The second-order valence-corrected chi connectivity index (χ2v) is 3.89. The Kier molecular flexibility index (Phi) is 6.05. The summed E-state index contributed by atoms with van der Waals surface area (Å²) in [4.78, 5) is 13.9. The number of carbonyl (C=O) groups is 1. The number of amides is 1. The van der Waals surface area contributed by atoms with E-state index in [2.05, 4.69) is 26.3 Å². The van der Waals surface area contributed by atoms with Crippen LogP contribution in [-0.2, 0) is 4.79 Å². The Morgan fingerprint density at radius 1 is 1.05 bits per heavy atom. The van der Waals surface area contributed by atoms with E-state index in [0.717, 1.165) is 5.47 Å². The predicted molar refractivity (Wildman–Crippen MR) is 86.8 cm³/mol. The van der Waals surface area contributed by atoms with Gasteiger partial charge in [0.15, 0.2) is 0 Å². The van der Waals surface area contributed by atoms with E-state index in [0.29, 0.717) is 11.3 Å². The summed E-state index contributed by atoms with van der Waals surface area (Å²) in [6.45, 7) is 14.6. The number of hydrogen-bond donors (Lipinski definition) is 0. The third kappa shape index (κ3) is 3.48. The summed E-state index contributed by atoms with van der Waals surface area (Å²) in [5, 5.41) is 0. The number of rotatable bonds is 7. The van der Waals surface area contributed by atoms with Crippen molar-refractivity contribution in [1.29, 1.82) is 0 Å². The number of allylic oxidation sites excluding steroid dienone is 9. The fourth-order valence-corrected chi connectivity index (χ4v) is 1.73. The lowest BCUT2D eigenvalue weighted by atomic mass is 9.81. The van der Waals surface area contributed by atoms with Crippen LogP contribution in [0.15, 0.2) is 97.7 Å². The molecular formula is C17H17BNO. The average Bonchev–Trinajstić information content (AvgIpc) is 2.77. The molecule has 0 N–H and O–H groups in total. The van der Waals surface area contributed by atoms with Gasteiger partial charge in [-0.15, -0.1) is 0 Å². The van der Waals surface area contributed by atoms with Gasteiger partial charge < -0.3 is 4.81 Å². The zero-order chi connectivity index (χ0) is 15.0. The summed E-state index contributed by atoms with van der Waals surface area (Å²) in [6, 6.07) is 0. The van der Waals surface area contributed by atoms with Crippen molar-refractivity contribution >= 4 is 13.3 Å². The van der Waals surface area contributed by atoms with Crippen LogP contribution in [0, 0.1) is 0 Å². The highest BCUT2D eigenvalue weighted by Crippen LogP contribution is 2.23. The molecule has 0 aromatic rings. The van der Waals surface area contributed by atoms with Crippen LogP contribution in [0.4, 0.5) is 0 Å². The molecule has 1 heterocycles. The largest absolute Gasteiger partial charge is 0.353 e. The molecule has 0 aliphatic carbocycles. The molecule has 1 aliphatic rings. The number of nitrogens with zero attached hydrogens (tertiary/aromatic N) is 1.